The molecule has 1 aliphatic rings. The van der Waals surface area contributed by atoms with Gasteiger partial charge in [0.05, 0.1) is 6.10 Å². The maximum Gasteiger partial charge on any atom is 0.353 e. The van der Waals surface area contributed by atoms with E-state index in [9.17, 15) is 13.6 Å². The fraction of sp³-hybridized carbons (Fsp3) is 0.700. The third kappa shape index (κ3) is 3.95. The summed E-state index contributed by atoms with van der Waals surface area (Å²) in [7, 11) is 0. The predicted octanol–water partition coefficient (Wildman–Crippen LogP) is 1.79. The summed E-state index contributed by atoms with van der Waals surface area (Å²) < 4.78 is 29.6. The van der Waals surface area contributed by atoms with Crippen LogP contribution in [0.4, 0.5) is 8.78 Å². The van der Waals surface area contributed by atoms with Gasteiger partial charge in [0.25, 0.3) is 0 Å². The Balaban J connectivity index is 2.36. The van der Waals surface area contributed by atoms with Crippen LogP contribution in [0.25, 0.3) is 0 Å². The van der Waals surface area contributed by atoms with Crippen molar-refractivity contribution in [2.75, 3.05) is 13.1 Å². The number of nitrogens with zero attached hydrogens (tertiary/aromatic N) is 1. The Kier molecular flexibility index (Phi) is 3.79. The minimum Gasteiger partial charge on any atom is -0.339 e. The van der Waals surface area contributed by atoms with Gasteiger partial charge in [-0.15, -0.1) is 0 Å². The molecule has 0 bridgehead atoms. The van der Waals surface area contributed by atoms with E-state index in [2.05, 4.69) is 11.3 Å². The van der Waals surface area contributed by atoms with Gasteiger partial charge in [-0.2, -0.15) is 8.78 Å². The highest BCUT2D eigenvalue weighted by Crippen LogP contribution is 2.22. The summed E-state index contributed by atoms with van der Waals surface area (Å²) in [5.41, 5.74) is 0. The molecule has 3 nitrogen and oxygen atoms in total. The number of halogens is 2. The number of hydrogen-bond donors (Lipinski definition) is 0. The molecule has 0 radical (unpaired) electrons. The van der Waals surface area contributed by atoms with E-state index in [0.717, 1.165) is 6.92 Å². The van der Waals surface area contributed by atoms with Crippen LogP contribution in [0.5, 0.6) is 0 Å². The molecule has 0 aromatic rings. The molecule has 0 aromatic carbocycles. The van der Waals surface area contributed by atoms with Crippen LogP contribution in [-0.2, 0) is 9.53 Å². The van der Waals surface area contributed by atoms with Gasteiger partial charge in [0.2, 0.25) is 5.91 Å². The first-order valence-electron chi connectivity index (χ1n) is 4.89. The lowest BCUT2D eigenvalue weighted by Crippen LogP contribution is -2.41. The Morgan fingerprint density at radius 3 is 2.47 bits per heavy atom. The van der Waals surface area contributed by atoms with Crippen LogP contribution in [0.1, 0.15) is 19.8 Å². The van der Waals surface area contributed by atoms with E-state index in [1.54, 1.807) is 4.90 Å². The summed E-state index contributed by atoms with van der Waals surface area (Å²) in [6.45, 7) is 5.00. The van der Waals surface area contributed by atoms with Gasteiger partial charge in [-0.05, 0) is 18.9 Å². The van der Waals surface area contributed by atoms with Crippen molar-refractivity contribution in [1.82, 2.24) is 4.90 Å². The van der Waals surface area contributed by atoms with Crippen molar-refractivity contribution >= 4 is 5.91 Å². The van der Waals surface area contributed by atoms with Crippen LogP contribution in [0.2, 0.25) is 0 Å². The second-order valence-corrected chi connectivity index (χ2v) is 3.65. The summed E-state index contributed by atoms with van der Waals surface area (Å²) in [6.07, 6.45) is -1.42. The summed E-state index contributed by atoms with van der Waals surface area (Å²) in [6, 6.07) is 0. The second-order valence-electron chi connectivity index (χ2n) is 3.65. The zero-order valence-corrected chi connectivity index (χ0v) is 8.71. The Morgan fingerprint density at radius 1 is 1.53 bits per heavy atom. The van der Waals surface area contributed by atoms with Gasteiger partial charge < -0.3 is 9.64 Å². The Labute approximate surface area is 87.7 Å². The number of carbonyl (C=O) groups excluding carboxylic acids is 1. The molecule has 1 saturated heterocycles. The minimum absolute atomic E-state index is 0.156. The average molecular weight is 219 g/mol. The van der Waals surface area contributed by atoms with Gasteiger partial charge in [-0.3, -0.25) is 4.79 Å². The molecule has 0 aliphatic carbocycles. The number of ether oxygens (including phenoxy) is 1. The van der Waals surface area contributed by atoms with Crippen molar-refractivity contribution in [2.45, 2.75) is 32.0 Å². The van der Waals surface area contributed by atoms with Crippen molar-refractivity contribution in [2.24, 2.45) is 0 Å². The highest BCUT2D eigenvalue weighted by Gasteiger charge is 2.30. The maximum atomic E-state index is 12.5. The molecule has 5 heteroatoms. The number of likely N-dealkylation sites (tertiary alicyclic amines) is 1. The third-order valence-corrected chi connectivity index (χ3v) is 2.30. The Bertz CT molecular complexity index is 242. The van der Waals surface area contributed by atoms with Crippen LogP contribution >= 0.6 is 0 Å². The van der Waals surface area contributed by atoms with Gasteiger partial charge in [0.1, 0.15) is 0 Å². The molecule has 0 saturated carbocycles. The molecule has 0 spiro atoms. The molecule has 0 unspecified atom stereocenters. The summed E-state index contributed by atoms with van der Waals surface area (Å²) in [5, 5.41) is 0. The minimum atomic E-state index is -3.09. The lowest BCUT2D eigenvalue weighted by atomic mass is 10.1. The van der Waals surface area contributed by atoms with E-state index < -0.39 is 12.2 Å². The summed E-state index contributed by atoms with van der Waals surface area (Å²) >= 11 is 0. The fourth-order valence-electron chi connectivity index (χ4n) is 1.62. The molecular formula is C10H15F2NO2. The van der Waals surface area contributed by atoms with Crippen LogP contribution in [-0.4, -0.2) is 36.1 Å². The molecule has 86 valence electrons. The molecule has 0 aromatic heterocycles. The van der Waals surface area contributed by atoms with Crippen LogP contribution in [0.3, 0.4) is 0 Å². The number of carbonyl (C=O) groups is 1. The fourth-order valence-corrected chi connectivity index (χ4v) is 1.62. The van der Waals surface area contributed by atoms with Crippen molar-refractivity contribution in [3.63, 3.8) is 0 Å². The van der Waals surface area contributed by atoms with Crippen LogP contribution in [0, 0.1) is 0 Å². The molecule has 1 rings (SSSR count). The SMILES string of the molecule is C=CC(=O)N1CCC(OC(C)(F)F)CC1. The Morgan fingerprint density at radius 2 is 2.07 bits per heavy atom. The van der Waals surface area contributed by atoms with Crippen LogP contribution in [0.15, 0.2) is 12.7 Å². The summed E-state index contributed by atoms with van der Waals surface area (Å²) in [5.74, 6) is -0.156. The van der Waals surface area contributed by atoms with E-state index in [0.29, 0.717) is 25.9 Å². The van der Waals surface area contributed by atoms with E-state index >= 15 is 0 Å². The zero-order valence-electron chi connectivity index (χ0n) is 8.71. The van der Waals surface area contributed by atoms with Crippen molar-refractivity contribution in [1.29, 1.82) is 0 Å². The highest BCUT2D eigenvalue weighted by atomic mass is 19.3. The molecule has 1 amide bonds. The van der Waals surface area contributed by atoms with Gasteiger partial charge >= 0.3 is 6.11 Å². The lowest BCUT2D eigenvalue weighted by Gasteiger charge is -2.32. The molecule has 1 heterocycles. The smallest absolute Gasteiger partial charge is 0.339 e. The maximum absolute atomic E-state index is 12.5. The standard InChI is InChI=1S/C10H15F2NO2/c1-3-9(14)13-6-4-8(5-7-13)15-10(2,11)12/h3,8H,1,4-7H2,2H3. The molecule has 1 aliphatic heterocycles. The predicted molar refractivity (Wildman–Crippen MR) is 51.5 cm³/mol. The summed E-state index contributed by atoms with van der Waals surface area (Å²) in [4.78, 5) is 12.8. The largest absolute Gasteiger partial charge is 0.353 e. The quantitative estimate of drug-likeness (QED) is 0.677. The highest BCUT2D eigenvalue weighted by molar-refractivity contribution is 5.87. The van der Waals surface area contributed by atoms with Gasteiger partial charge in [0, 0.05) is 20.0 Å². The van der Waals surface area contributed by atoms with Crippen molar-refractivity contribution in [3.05, 3.63) is 12.7 Å². The average Bonchev–Trinajstić information content (AvgIpc) is 2.15. The van der Waals surface area contributed by atoms with Gasteiger partial charge in [-0.1, -0.05) is 6.58 Å². The molecular weight excluding hydrogens is 204 g/mol. The zero-order chi connectivity index (χ0) is 11.5. The first-order chi connectivity index (χ1) is 6.92. The number of amides is 1. The monoisotopic (exact) mass is 219 g/mol. The molecule has 15 heavy (non-hydrogen) atoms. The lowest BCUT2D eigenvalue weighted by molar-refractivity contribution is -0.255. The van der Waals surface area contributed by atoms with Gasteiger partial charge in [-0.25, -0.2) is 0 Å². The molecule has 1 fully saturated rings. The van der Waals surface area contributed by atoms with E-state index in [-0.39, 0.29) is 5.91 Å². The van der Waals surface area contributed by atoms with Crippen molar-refractivity contribution < 1.29 is 18.3 Å². The Hall–Kier alpha value is -0.970. The first-order valence-corrected chi connectivity index (χ1v) is 4.89. The van der Waals surface area contributed by atoms with E-state index in [4.69, 9.17) is 0 Å². The van der Waals surface area contributed by atoms with E-state index in [1.165, 1.54) is 6.08 Å². The number of hydrogen-bond acceptors (Lipinski definition) is 2. The van der Waals surface area contributed by atoms with E-state index in [1.807, 2.05) is 0 Å². The second kappa shape index (κ2) is 4.70. The number of rotatable bonds is 3. The van der Waals surface area contributed by atoms with Crippen molar-refractivity contribution in [3.8, 4) is 0 Å². The van der Waals surface area contributed by atoms with Gasteiger partial charge in [0.15, 0.2) is 0 Å². The molecule has 0 atom stereocenters. The third-order valence-electron chi connectivity index (χ3n) is 2.30. The first kappa shape index (κ1) is 12.1. The normalized spacial score (nSPS) is 19.0. The number of alkyl halides is 2. The topological polar surface area (TPSA) is 29.5 Å². The number of piperidine rings is 1. The molecule has 0 N–H and O–H groups in total. The van der Waals surface area contributed by atoms with Crippen LogP contribution < -0.4 is 0 Å².